The van der Waals surface area contributed by atoms with Gasteiger partial charge in [-0.15, -0.1) is 11.6 Å². The zero-order valence-electron chi connectivity index (χ0n) is 18.4. The summed E-state index contributed by atoms with van der Waals surface area (Å²) in [5.41, 5.74) is -4.83. The maximum atomic E-state index is 17.1. The number of ether oxygens (including phenoxy) is 1. The van der Waals surface area contributed by atoms with Crippen LogP contribution in [0.2, 0.25) is 0 Å². The summed E-state index contributed by atoms with van der Waals surface area (Å²) in [5, 5.41) is 11.3. The van der Waals surface area contributed by atoms with Gasteiger partial charge in [0.25, 0.3) is 0 Å². The van der Waals surface area contributed by atoms with Gasteiger partial charge in [-0.1, -0.05) is 25.5 Å². The van der Waals surface area contributed by atoms with Crippen LogP contribution in [0.5, 0.6) is 0 Å². The van der Waals surface area contributed by atoms with Crippen LogP contribution in [0.15, 0.2) is 23.8 Å². The Morgan fingerprint density at radius 3 is 2.61 bits per heavy atom. The summed E-state index contributed by atoms with van der Waals surface area (Å²) in [5.74, 6) is -2.67. The van der Waals surface area contributed by atoms with Gasteiger partial charge in [-0.25, -0.2) is 4.39 Å². The SMILES string of the molecule is CC(=O)O[C@]1(C(=O)CCl)[C@@H](C)C[C@H]2[C@@H]3CCC4=CC(=O)C=C[C@]4(C)[C@@]3(F)[C@@H](O)C[C@@]21C. The molecule has 170 valence electrons. The van der Waals surface area contributed by atoms with Crippen LogP contribution in [-0.2, 0) is 19.1 Å². The lowest BCUT2D eigenvalue weighted by molar-refractivity contribution is -0.226. The molecule has 31 heavy (non-hydrogen) atoms. The standard InChI is InChI=1S/C24H30ClFO5/c1-13-9-18-17-6-5-15-10-16(28)7-8-21(15,3)23(17,26)19(29)11-22(18,4)24(13,20(30)12-25)31-14(2)27/h7-8,10,13,17-19,29H,5-6,9,11-12H2,1-4H3/t13-,17-,18-,19-,21-,22-,23-,24-/m0/s1. The highest BCUT2D eigenvalue weighted by atomic mass is 35.5. The van der Waals surface area contributed by atoms with Crippen molar-refractivity contribution in [2.45, 2.75) is 70.8 Å². The second kappa shape index (κ2) is 6.98. The Kier molecular flexibility index (Phi) is 5.10. The molecule has 0 aromatic carbocycles. The van der Waals surface area contributed by atoms with Crippen molar-refractivity contribution in [2.24, 2.45) is 28.6 Å². The third-order valence-electron chi connectivity index (χ3n) is 9.02. The topological polar surface area (TPSA) is 80.7 Å². The molecule has 0 spiro atoms. The Morgan fingerprint density at radius 1 is 1.32 bits per heavy atom. The quantitative estimate of drug-likeness (QED) is 0.521. The second-order valence-electron chi connectivity index (χ2n) is 10.3. The first-order chi connectivity index (χ1) is 14.4. The highest BCUT2D eigenvalue weighted by Gasteiger charge is 2.77. The van der Waals surface area contributed by atoms with E-state index in [9.17, 15) is 19.5 Å². The van der Waals surface area contributed by atoms with Crippen LogP contribution in [0.4, 0.5) is 4.39 Å². The van der Waals surface area contributed by atoms with Crippen molar-refractivity contribution in [2.75, 3.05) is 5.88 Å². The first-order valence-electron chi connectivity index (χ1n) is 11.0. The first-order valence-corrected chi connectivity index (χ1v) is 11.5. The van der Waals surface area contributed by atoms with E-state index in [2.05, 4.69) is 0 Å². The molecule has 7 heteroatoms. The maximum Gasteiger partial charge on any atom is 0.303 e. The number of carbonyl (C=O) groups is 3. The molecule has 3 saturated carbocycles. The molecule has 0 unspecified atom stereocenters. The Balaban J connectivity index is 1.86. The van der Waals surface area contributed by atoms with Crippen molar-refractivity contribution in [3.05, 3.63) is 23.8 Å². The van der Waals surface area contributed by atoms with E-state index in [1.807, 2.05) is 13.8 Å². The Morgan fingerprint density at radius 2 is 2.00 bits per heavy atom. The van der Waals surface area contributed by atoms with Crippen LogP contribution in [0.3, 0.4) is 0 Å². The van der Waals surface area contributed by atoms with Crippen molar-refractivity contribution in [3.8, 4) is 0 Å². The van der Waals surface area contributed by atoms with Gasteiger partial charge >= 0.3 is 5.97 Å². The number of allylic oxidation sites excluding steroid dienone is 4. The summed E-state index contributed by atoms with van der Waals surface area (Å²) in [6.07, 6.45) is 4.54. The number of ketones is 2. The van der Waals surface area contributed by atoms with E-state index in [1.54, 1.807) is 13.0 Å². The number of halogens is 2. The Bertz CT molecular complexity index is 914. The summed E-state index contributed by atoms with van der Waals surface area (Å²) >= 11 is 5.97. The molecule has 3 fully saturated rings. The highest BCUT2D eigenvalue weighted by Crippen LogP contribution is 2.71. The molecule has 0 bridgehead atoms. The molecule has 0 amide bonds. The lowest BCUT2D eigenvalue weighted by Gasteiger charge is -2.62. The van der Waals surface area contributed by atoms with Gasteiger partial charge in [-0.05, 0) is 50.7 Å². The summed E-state index contributed by atoms with van der Waals surface area (Å²) in [7, 11) is 0. The fourth-order valence-corrected chi connectivity index (χ4v) is 7.92. The van der Waals surface area contributed by atoms with Crippen LogP contribution in [0.25, 0.3) is 0 Å². The number of esters is 1. The molecular formula is C24H30ClFO5. The molecule has 5 nitrogen and oxygen atoms in total. The van der Waals surface area contributed by atoms with Crippen LogP contribution in [0, 0.1) is 28.6 Å². The Hall–Kier alpha value is -1.53. The predicted molar refractivity (Wildman–Crippen MR) is 113 cm³/mol. The van der Waals surface area contributed by atoms with E-state index >= 15 is 4.39 Å². The van der Waals surface area contributed by atoms with Gasteiger partial charge in [0.2, 0.25) is 0 Å². The molecule has 8 atom stereocenters. The van der Waals surface area contributed by atoms with Gasteiger partial charge in [0.1, 0.15) is 0 Å². The lowest BCUT2D eigenvalue weighted by atomic mass is 9.44. The van der Waals surface area contributed by atoms with Crippen LogP contribution < -0.4 is 0 Å². The zero-order chi connectivity index (χ0) is 23.0. The van der Waals surface area contributed by atoms with Crippen molar-refractivity contribution in [3.63, 3.8) is 0 Å². The molecule has 4 aliphatic carbocycles. The fourth-order valence-electron chi connectivity index (χ4n) is 7.72. The molecule has 0 aromatic heterocycles. The number of carbonyl (C=O) groups excluding carboxylic acids is 3. The number of aliphatic hydroxyl groups excluding tert-OH is 1. The number of hydrogen-bond acceptors (Lipinski definition) is 5. The van der Waals surface area contributed by atoms with E-state index in [-0.39, 0.29) is 29.9 Å². The van der Waals surface area contributed by atoms with Crippen molar-refractivity contribution in [1.82, 2.24) is 0 Å². The molecule has 0 saturated heterocycles. The summed E-state index contributed by atoms with van der Waals surface area (Å²) in [6, 6.07) is 0. The number of Topliss-reactive ketones (excluding diaryl/α,β-unsaturated/α-hetero) is 1. The molecule has 0 radical (unpaired) electrons. The first kappa shape index (κ1) is 22.7. The van der Waals surface area contributed by atoms with Gasteiger partial charge in [0, 0.05) is 29.6 Å². The second-order valence-corrected chi connectivity index (χ2v) is 10.6. The minimum absolute atomic E-state index is 0.0322. The van der Waals surface area contributed by atoms with E-state index in [0.29, 0.717) is 24.8 Å². The smallest absolute Gasteiger partial charge is 0.303 e. The van der Waals surface area contributed by atoms with Crippen LogP contribution in [0.1, 0.15) is 53.4 Å². The number of alkyl halides is 2. The summed E-state index contributed by atoms with van der Waals surface area (Å²) in [4.78, 5) is 37.2. The van der Waals surface area contributed by atoms with Crippen LogP contribution in [-0.4, -0.2) is 45.9 Å². The zero-order valence-corrected chi connectivity index (χ0v) is 19.2. The van der Waals surface area contributed by atoms with Crippen LogP contribution >= 0.6 is 11.6 Å². The lowest BCUT2D eigenvalue weighted by Crippen LogP contribution is -2.70. The van der Waals surface area contributed by atoms with Gasteiger partial charge in [0.15, 0.2) is 22.8 Å². The molecule has 0 aliphatic heterocycles. The van der Waals surface area contributed by atoms with Crippen molar-refractivity contribution < 1.29 is 28.6 Å². The van der Waals surface area contributed by atoms with E-state index in [4.69, 9.17) is 16.3 Å². The monoisotopic (exact) mass is 452 g/mol. The molecule has 0 heterocycles. The van der Waals surface area contributed by atoms with Crippen molar-refractivity contribution in [1.29, 1.82) is 0 Å². The third-order valence-corrected chi connectivity index (χ3v) is 9.26. The van der Waals surface area contributed by atoms with Gasteiger partial charge in [-0.2, -0.15) is 0 Å². The normalized spacial score (nSPS) is 48.4. The highest BCUT2D eigenvalue weighted by molar-refractivity contribution is 6.29. The molecule has 4 aliphatic rings. The summed E-state index contributed by atoms with van der Waals surface area (Å²) < 4.78 is 22.9. The number of fused-ring (bicyclic) bond motifs is 5. The maximum absolute atomic E-state index is 17.1. The predicted octanol–water partition coefficient (Wildman–Crippen LogP) is 3.71. The molecule has 0 aromatic rings. The minimum Gasteiger partial charge on any atom is -0.450 e. The van der Waals surface area contributed by atoms with Gasteiger partial charge in [0.05, 0.1) is 12.0 Å². The average molecular weight is 453 g/mol. The molecule has 4 rings (SSSR count). The largest absolute Gasteiger partial charge is 0.450 e. The Labute approximate surface area is 187 Å². The third kappa shape index (κ3) is 2.61. The number of hydrogen-bond donors (Lipinski definition) is 1. The van der Waals surface area contributed by atoms with E-state index < -0.39 is 45.9 Å². The van der Waals surface area contributed by atoms with Gasteiger partial charge < -0.3 is 9.84 Å². The van der Waals surface area contributed by atoms with E-state index in [0.717, 1.165) is 0 Å². The van der Waals surface area contributed by atoms with Crippen molar-refractivity contribution >= 4 is 29.1 Å². The average Bonchev–Trinajstić information content (AvgIpc) is 2.90. The summed E-state index contributed by atoms with van der Waals surface area (Å²) in [6.45, 7) is 6.69. The molecule has 1 N–H and O–H groups in total. The van der Waals surface area contributed by atoms with E-state index in [1.165, 1.54) is 19.1 Å². The number of aliphatic hydroxyl groups is 1. The fraction of sp³-hybridized carbons (Fsp3) is 0.708. The minimum atomic E-state index is -1.99. The molecular weight excluding hydrogens is 423 g/mol. The number of rotatable bonds is 3. The van der Waals surface area contributed by atoms with Gasteiger partial charge in [-0.3, -0.25) is 14.4 Å².